The predicted molar refractivity (Wildman–Crippen MR) is 128 cm³/mol. The lowest BCUT2D eigenvalue weighted by Crippen LogP contribution is -2.31. The first-order valence-electron chi connectivity index (χ1n) is 10.7. The molecule has 9 heteroatoms. The highest BCUT2D eigenvalue weighted by Crippen LogP contribution is 2.38. The van der Waals surface area contributed by atoms with Gasteiger partial charge >= 0.3 is 6.03 Å². The van der Waals surface area contributed by atoms with E-state index in [-0.39, 0.29) is 0 Å². The van der Waals surface area contributed by atoms with Crippen LogP contribution in [0.5, 0.6) is 5.88 Å². The van der Waals surface area contributed by atoms with Gasteiger partial charge in [0.1, 0.15) is 0 Å². The highest BCUT2D eigenvalue weighted by atomic mass is 32.2. The molecule has 2 N–H and O–H groups in total. The van der Waals surface area contributed by atoms with Gasteiger partial charge in [-0.1, -0.05) is 12.1 Å². The molecule has 0 spiro atoms. The van der Waals surface area contributed by atoms with E-state index < -0.39 is 17.0 Å². The van der Waals surface area contributed by atoms with Gasteiger partial charge in [-0.25, -0.2) is 14.0 Å². The van der Waals surface area contributed by atoms with Crippen LogP contribution < -0.4 is 14.8 Å². The van der Waals surface area contributed by atoms with Gasteiger partial charge in [0.25, 0.3) is 0 Å². The summed E-state index contributed by atoms with van der Waals surface area (Å²) < 4.78 is 20.7. The van der Waals surface area contributed by atoms with Crippen LogP contribution in [0.25, 0.3) is 11.1 Å². The van der Waals surface area contributed by atoms with Gasteiger partial charge in [-0.05, 0) is 68.2 Å². The Balaban J connectivity index is 1.58. The Morgan fingerprint density at radius 2 is 1.94 bits per heavy atom. The number of hydrogen-bond donors (Lipinski definition) is 2. The van der Waals surface area contributed by atoms with Gasteiger partial charge in [-0.3, -0.25) is 9.71 Å². The number of nitrogens with one attached hydrogen (secondary N) is 2. The van der Waals surface area contributed by atoms with E-state index in [9.17, 15) is 9.00 Å². The molecule has 33 heavy (non-hydrogen) atoms. The first-order chi connectivity index (χ1) is 15.9. The molecule has 0 fully saturated rings. The van der Waals surface area contributed by atoms with Crippen molar-refractivity contribution in [3.8, 4) is 17.0 Å². The van der Waals surface area contributed by atoms with Gasteiger partial charge in [0.2, 0.25) is 5.88 Å². The number of methoxy groups -OCH3 is 1. The molecule has 0 radical (unpaired) electrons. The number of ether oxygens (including phenoxy) is 1. The van der Waals surface area contributed by atoms with Crippen LogP contribution in [0.1, 0.15) is 23.2 Å². The molecule has 2 heterocycles. The number of benzene rings is 1. The summed E-state index contributed by atoms with van der Waals surface area (Å²) in [5.74, 6) is 0.496. The molecule has 4 rings (SSSR count). The Kier molecular flexibility index (Phi) is 7.00. The molecular weight excluding hydrogens is 438 g/mol. The van der Waals surface area contributed by atoms with Gasteiger partial charge in [-0.2, -0.15) is 0 Å². The summed E-state index contributed by atoms with van der Waals surface area (Å²) in [6.07, 6.45) is 6.16. The smallest absolute Gasteiger partial charge is 0.331 e. The first-order valence-corrected chi connectivity index (χ1v) is 11.8. The molecule has 1 aromatic carbocycles. The van der Waals surface area contributed by atoms with Crippen LogP contribution in [0.2, 0.25) is 0 Å². The third-order valence-corrected chi connectivity index (χ3v) is 6.49. The predicted octanol–water partition coefficient (Wildman–Crippen LogP) is 3.55. The number of carbonyl (C=O) groups excluding carboxylic acids is 1. The molecule has 1 unspecified atom stereocenters. The fraction of sp³-hybridized carbons (Fsp3) is 0.292. The lowest BCUT2D eigenvalue weighted by atomic mass is 9.98. The molecule has 1 aliphatic rings. The largest absolute Gasteiger partial charge is 0.481 e. The zero-order valence-electron chi connectivity index (χ0n) is 18.9. The average Bonchev–Trinajstić information content (AvgIpc) is 3.28. The molecule has 2 aromatic heterocycles. The van der Waals surface area contributed by atoms with Crippen molar-refractivity contribution in [1.82, 2.24) is 19.6 Å². The molecule has 8 nitrogen and oxygen atoms in total. The molecule has 172 valence electrons. The Morgan fingerprint density at radius 1 is 1.12 bits per heavy atom. The van der Waals surface area contributed by atoms with Crippen LogP contribution in [0.4, 0.5) is 10.5 Å². The van der Waals surface area contributed by atoms with E-state index in [1.54, 1.807) is 31.6 Å². The van der Waals surface area contributed by atoms with Crippen molar-refractivity contribution >= 4 is 22.7 Å². The maximum absolute atomic E-state index is 12.9. The van der Waals surface area contributed by atoms with Gasteiger partial charge in [0.15, 0.2) is 11.0 Å². The number of urea groups is 1. The van der Waals surface area contributed by atoms with Crippen LogP contribution in [-0.4, -0.2) is 46.3 Å². The highest BCUT2D eigenvalue weighted by molar-refractivity contribution is 7.83. The third kappa shape index (κ3) is 5.37. The Labute approximate surface area is 196 Å². The number of anilines is 1. The minimum Gasteiger partial charge on any atom is -0.481 e. The van der Waals surface area contributed by atoms with Crippen LogP contribution >= 0.6 is 0 Å². The van der Waals surface area contributed by atoms with Crippen LogP contribution in [-0.2, 0) is 30.4 Å². The SMILES string of the molecule is COc1cc(-c2ccc3c(c2NC(=O)NS(=O)c2ccnc(CN(C)C)c2)CCC3)ccn1. The zero-order valence-corrected chi connectivity index (χ0v) is 19.7. The van der Waals surface area contributed by atoms with Gasteiger partial charge in [0, 0.05) is 30.6 Å². The number of nitrogens with zero attached hydrogens (tertiary/aromatic N) is 3. The second-order valence-corrected chi connectivity index (χ2v) is 9.32. The molecule has 2 amide bonds. The highest BCUT2D eigenvalue weighted by Gasteiger charge is 2.21. The second kappa shape index (κ2) is 10.1. The summed E-state index contributed by atoms with van der Waals surface area (Å²) in [6.45, 7) is 0.617. The molecule has 1 atom stereocenters. The summed E-state index contributed by atoms with van der Waals surface area (Å²) in [6, 6.07) is 10.7. The topological polar surface area (TPSA) is 96.5 Å². The Bertz CT molecular complexity index is 1200. The Hall–Kier alpha value is -3.30. The normalized spacial score (nSPS) is 13.5. The molecule has 0 saturated carbocycles. The van der Waals surface area contributed by atoms with Crippen LogP contribution in [0.15, 0.2) is 53.7 Å². The maximum Gasteiger partial charge on any atom is 0.331 e. The van der Waals surface area contributed by atoms with E-state index in [0.717, 1.165) is 47.3 Å². The number of carbonyl (C=O) groups is 1. The molecular formula is C24H27N5O3S. The van der Waals surface area contributed by atoms with Crippen LogP contribution in [0.3, 0.4) is 0 Å². The van der Waals surface area contributed by atoms with Gasteiger partial charge in [0.05, 0.1) is 23.4 Å². The van der Waals surface area contributed by atoms with E-state index >= 15 is 0 Å². The van der Waals surface area contributed by atoms with Crippen molar-refractivity contribution in [2.24, 2.45) is 0 Å². The number of aryl methyl sites for hydroxylation is 1. The molecule has 0 bridgehead atoms. The molecule has 0 saturated heterocycles. The van der Waals surface area contributed by atoms with Crippen molar-refractivity contribution in [2.75, 3.05) is 26.5 Å². The summed E-state index contributed by atoms with van der Waals surface area (Å²) in [5.41, 5.74) is 5.60. The van der Waals surface area contributed by atoms with Crippen molar-refractivity contribution in [3.63, 3.8) is 0 Å². The van der Waals surface area contributed by atoms with Crippen molar-refractivity contribution in [1.29, 1.82) is 0 Å². The molecule has 0 aliphatic heterocycles. The number of aromatic nitrogens is 2. The fourth-order valence-electron chi connectivity index (χ4n) is 4.00. The standard InChI is InChI=1S/C24H27N5O3S/c1-29(2)15-18-14-19(10-12-25-18)33(31)28-24(30)27-23-20-6-4-5-16(20)7-8-21(23)17-9-11-26-22(13-17)32-3/h7-14H,4-6,15H2,1-3H3,(H2,27,28,30). The van der Waals surface area contributed by atoms with Crippen molar-refractivity contribution in [2.45, 2.75) is 30.7 Å². The first kappa shape index (κ1) is 22.9. The van der Waals surface area contributed by atoms with E-state index in [0.29, 0.717) is 17.3 Å². The summed E-state index contributed by atoms with van der Waals surface area (Å²) in [7, 11) is 3.72. The van der Waals surface area contributed by atoms with Gasteiger partial charge in [-0.15, -0.1) is 0 Å². The maximum atomic E-state index is 12.9. The van der Waals surface area contributed by atoms with E-state index in [1.165, 1.54) is 5.56 Å². The summed E-state index contributed by atoms with van der Waals surface area (Å²) in [4.78, 5) is 23.8. The van der Waals surface area contributed by atoms with Crippen molar-refractivity contribution in [3.05, 3.63) is 65.6 Å². The summed E-state index contributed by atoms with van der Waals surface area (Å²) >= 11 is 0. The monoisotopic (exact) mass is 465 g/mol. The quantitative estimate of drug-likeness (QED) is 0.554. The number of amides is 2. The van der Waals surface area contributed by atoms with Gasteiger partial charge < -0.3 is 15.0 Å². The minimum absolute atomic E-state index is 0.495. The fourth-order valence-corrected chi connectivity index (χ4v) is 4.77. The van der Waals surface area contributed by atoms with E-state index in [4.69, 9.17) is 4.74 Å². The zero-order chi connectivity index (χ0) is 23.4. The van der Waals surface area contributed by atoms with E-state index in [2.05, 4.69) is 26.1 Å². The lowest BCUT2D eigenvalue weighted by Gasteiger charge is -2.17. The van der Waals surface area contributed by atoms with Crippen molar-refractivity contribution < 1.29 is 13.7 Å². The number of pyridine rings is 2. The van der Waals surface area contributed by atoms with E-state index in [1.807, 2.05) is 37.2 Å². The minimum atomic E-state index is -1.72. The third-order valence-electron chi connectivity index (χ3n) is 5.44. The molecule has 1 aliphatic carbocycles. The lowest BCUT2D eigenvalue weighted by molar-refractivity contribution is 0.257. The number of rotatable bonds is 7. The molecule has 3 aromatic rings. The summed E-state index contributed by atoms with van der Waals surface area (Å²) in [5, 5.41) is 2.97. The average molecular weight is 466 g/mol. The number of fused-ring (bicyclic) bond motifs is 1. The Morgan fingerprint density at radius 3 is 2.73 bits per heavy atom. The second-order valence-electron chi connectivity index (χ2n) is 8.11. The number of hydrogen-bond acceptors (Lipinski definition) is 6. The van der Waals surface area contributed by atoms with Crippen LogP contribution in [0, 0.1) is 0 Å².